The Morgan fingerprint density at radius 1 is 1.47 bits per heavy atom. The fourth-order valence-electron chi connectivity index (χ4n) is 1.66. The van der Waals surface area contributed by atoms with Crippen LogP contribution in [0, 0.1) is 5.92 Å². The summed E-state index contributed by atoms with van der Waals surface area (Å²) in [5.41, 5.74) is 1.45. The quantitative estimate of drug-likeness (QED) is 0.699. The van der Waals surface area contributed by atoms with Crippen LogP contribution in [-0.4, -0.2) is 18.9 Å². The molecule has 2 rings (SSSR count). The molecule has 78 valence electrons. The molecule has 1 aliphatic rings. The molecular weight excluding hydrogens is 192 g/mol. The summed E-state index contributed by atoms with van der Waals surface area (Å²) in [6, 6.07) is 7.29. The topological polar surface area (TPSA) is 49.4 Å². The molecule has 2 amide bonds. The van der Waals surface area contributed by atoms with Gasteiger partial charge in [-0.05, 0) is 12.1 Å². The van der Waals surface area contributed by atoms with E-state index in [4.69, 9.17) is 0 Å². The highest BCUT2D eigenvalue weighted by Gasteiger charge is 2.23. The smallest absolute Gasteiger partial charge is 0.229 e. The Bertz CT molecular complexity index is 403. The van der Waals surface area contributed by atoms with Crippen LogP contribution in [0.4, 0.5) is 11.4 Å². The number of hydrogen-bond donors (Lipinski definition) is 1. The highest BCUT2D eigenvalue weighted by molar-refractivity contribution is 6.00. The number of carbonyl (C=O) groups is 2. The molecule has 0 bridgehead atoms. The summed E-state index contributed by atoms with van der Waals surface area (Å²) >= 11 is 0. The molecule has 0 aliphatic carbocycles. The third-order valence-corrected chi connectivity index (χ3v) is 2.52. The van der Waals surface area contributed by atoms with Gasteiger partial charge in [0, 0.05) is 6.54 Å². The highest BCUT2D eigenvalue weighted by atomic mass is 16.2. The van der Waals surface area contributed by atoms with E-state index in [2.05, 4.69) is 5.32 Å². The molecule has 1 aromatic carbocycles. The first-order valence-corrected chi connectivity index (χ1v) is 4.84. The summed E-state index contributed by atoms with van der Waals surface area (Å²) in [6.45, 7) is 2.23. The van der Waals surface area contributed by atoms with Crippen molar-refractivity contribution in [2.75, 3.05) is 16.8 Å². The van der Waals surface area contributed by atoms with Crippen LogP contribution in [0.25, 0.3) is 0 Å². The average molecular weight is 204 g/mol. The second-order valence-corrected chi connectivity index (χ2v) is 3.67. The first-order valence-electron chi connectivity index (χ1n) is 4.84. The second kappa shape index (κ2) is 3.73. The number of fused-ring (bicyclic) bond motifs is 1. The van der Waals surface area contributed by atoms with Gasteiger partial charge in [-0.25, -0.2) is 0 Å². The van der Waals surface area contributed by atoms with Crippen molar-refractivity contribution in [2.45, 2.75) is 6.92 Å². The van der Waals surface area contributed by atoms with Crippen LogP contribution in [0.15, 0.2) is 24.3 Å². The molecule has 1 heterocycles. The lowest BCUT2D eigenvalue weighted by Gasteiger charge is -2.17. The predicted molar refractivity (Wildman–Crippen MR) is 57.6 cm³/mol. The number of carbonyl (C=O) groups excluding carboxylic acids is 2. The maximum Gasteiger partial charge on any atom is 0.229 e. The van der Waals surface area contributed by atoms with Gasteiger partial charge in [0.25, 0.3) is 0 Å². The van der Waals surface area contributed by atoms with Crippen LogP contribution in [0.2, 0.25) is 0 Å². The van der Waals surface area contributed by atoms with E-state index in [9.17, 15) is 9.59 Å². The molecule has 1 aromatic rings. The lowest BCUT2D eigenvalue weighted by molar-refractivity contribution is -0.119. The molecule has 1 atom stereocenters. The second-order valence-electron chi connectivity index (χ2n) is 3.67. The molecule has 0 aromatic heterocycles. The Balaban J connectivity index is 2.46. The van der Waals surface area contributed by atoms with Gasteiger partial charge in [-0.15, -0.1) is 0 Å². The van der Waals surface area contributed by atoms with Crippen molar-refractivity contribution in [1.82, 2.24) is 0 Å². The summed E-state index contributed by atoms with van der Waals surface area (Å²) < 4.78 is 0. The fraction of sp³-hybridized carbons (Fsp3) is 0.273. The van der Waals surface area contributed by atoms with E-state index in [0.29, 0.717) is 12.2 Å². The maximum atomic E-state index is 11.6. The molecular formula is C11H12N2O2. The number of benzene rings is 1. The van der Waals surface area contributed by atoms with Crippen LogP contribution in [0.3, 0.4) is 0 Å². The van der Waals surface area contributed by atoms with Gasteiger partial charge in [-0.2, -0.15) is 0 Å². The molecule has 15 heavy (non-hydrogen) atoms. The lowest BCUT2D eigenvalue weighted by atomic mass is 10.1. The number of nitrogens with zero attached hydrogens (tertiary/aromatic N) is 1. The number of nitrogens with one attached hydrogen (secondary N) is 1. The van der Waals surface area contributed by atoms with Gasteiger partial charge < -0.3 is 10.2 Å². The molecule has 0 radical (unpaired) electrons. The molecule has 0 saturated heterocycles. The molecule has 1 N–H and O–H groups in total. The van der Waals surface area contributed by atoms with E-state index < -0.39 is 0 Å². The number of amides is 2. The SMILES string of the molecule is C[C@@H]1CN(C=O)c2ccccc2NC1=O. The summed E-state index contributed by atoms with van der Waals surface area (Å²) in [7, 11) is 0. The first kappa shape index (κ1) is 9.71. The van der Waals surface area contributed by atoms with Crippen LogP contribution in [-0.2, 0) is 9.59 Å². The standard InChI is InChI=1S/C11H12N2O2/c1-8-6-13(7-14)10-5-3-2-4-9(10)12-11(8)15/h2-5,7-8H,6H2,1H3,(H,12,15)/t8-/m1/s1. The lowest BCUT2D eigenvalue weighted by Crippen LogP contribution is -2.29. The van der Waals surface area contributed by atoms with Crippen LogP contribution in [0.5, 0.6) is 0 Å². The van der Waals surface area contributed by atoms with Crippen molar-refractivity contribution in [1.29, 1.82) is 0 Å². The van der Waals surface area contributed by atoms with Crippen molar-refractivity contribution in [3.8, 4) is 0 Å². The van der Waals surface area contributed by atoms with E-state index in [1.807, 2.05) is 18.2 Å². The minimum absolute atomic E-state index is 0.0493. The van der Waals surface area contributed by atoms with Crippen LogP contribution in [0.1, 0.15) is 6.92 Å². The number of hydrogen-bond acceptors (Lipinski definition) is 2. The van der Waals surface area contributed by atoms with Gasteiger partial charge in [0.2, 0.25) is 12.3 Å². The first-order chi connectivity index (χ1) is 7.22. The van der Waals surface area contributed by atoms with E-state index in [1.165, 1.54) is 0 Å². The maximum absolute atomic E-state index is 11.6. The zero-order valence-electron chi connectivity index (χ0n) is 8.43. The third kappa shape index (κ3) is 1.70. The highest BCUT2D eigenvalue weighted by Crippen LogP contribution is 2.28. The van der Waals surface area contributed by atoms with Crippen molar-refractivity contribution < 1.29 is 9.59 Å². The Morgan fingerprint density at radius 3 is 2.93 bits per heavy atom. The molecule has 0 unspecified atom stereocenters. The average Bonchev–Trinajstić information content (AvgIpc) is 2.37. The van der Waals surface area contributed by atoms with Crippen molar-refractivity contribution in [2.24, 2.45) is 5.92 Å². The summed E-state index contributed by atoms with van der Waals surface area (Å²) in [5.74, 6) is -0.241. The zero-order chi connectivity index (χ0) is 10.8. The van der Waals surface area contributed by atoms with Crippen LogP contribution >= 0.6 is 0 Å². The van der Waals surface area contributed by atoms with Gasteiger partial charge in [0.1, 0.15) is 0 Å². The molecule has 4 nitrogen and oxygen atoms in total. The summed E-state index contributed by atoms with van der Waals surface area (Å²) in [6.07, 6.45) is 0.760. The summed E-state index contributed by atoms with van der Waals surface area (Å²) in [5, 5.41) is 2.80. The molecule has 0 spiro atoms. The normalized spacial score (nSPS) is 20.2. The van der Waals surface area contributed by atoms with E-state index in [-0.39, 0.29) is 11.8 Å². The van der Waals surface area contributed by atoms with Gasteiger partial charge in [-0.1, -0.05) is 19.1 Å². The van der Waals surface area contributed by atoms with Crippen LogP contribution < -0.4 is 10.2 Å². The Morgan fingerprint density at radius 2 is 2.20 bits per heavy atom. The van der Waals surface area contributed by atoms with Crippen molar-refractivity contribution >= 4 is 23.7 Å². The molecule has 4 heteroatoms. The third-order valence-electron chi connectivity index (χ3n) is 2.52. The largest absolute Gasteiger partial charge is 0.324 e. The van der Waals surface area contributed by atoms with Gasteiger partial charge >= 0.3 is 0 Å². The fourth-order valence-corrected chi connectivity index (χ4v) is 1.66. The number of para-hydroxylation sites is 2. The van der Waals surface area contributed by atoms with E-state index in [1.54, 1.807) is 17.9 Å². The minimum atomic E-state index is -0.192. The predicted octanol–water partition coefficient (Wildman–Crippen LogP) is 1.24. The zero-order valence-corrected chi connectivity index (χ0v) is 8.43. The van der Waals surface area contributed by atoms with Gasteiger partial charge in [0.15, 0.2) is 0 Å². The van der Waals surface area contributed by atoms with Gasteiger partial charge in [-0.3, -0.25) is 9.59 Å². The van der Waals surface area contributed by atoms with Gasteiger partial charge in [0.05, 0.1) is 17.3 Å². The monoisotopic (exact) mass is 204 g/mol. The molecule has 0 saturated carbocycles. The Labute approximate surface area is 87.9 Å². The van der Waals surface area contributed by atoms with Crippen molar-refractivity contribution in [3.63, 3.8) is 0 Å². The molecule has 0 fully saturated rings. The minimum Gasteiger partial charge on any atom is -0.324 e. The molecule has 1 aliphatic heterocycles. The number of anilines is 2. The Kier molecular flexibility index (Phi) is 2.41. The Hall–Kier alpha value is -1.84. The summed E-state index contributed by atoms with van der Waals surface area (Å²) in [4.78, 5) is 24.1. The van der Waals surface area contributed by atoms with E-state index in [0.717, 1.165) is 12.1 Å². The van der Waals surface area contributed by atoms with E-state index >= 15 is 0 Å². The number of rotatable bonds is 1. The van der Waals surface area contributed by atoms with Crippen molar-refractivity contribution in [3.05, 3.63) is 24.3 Å².